The minimum Gasteiger partial charge on any atom is -0.544 e. The number of aliphatic imine (C=N–C) groups is 1. The average molecular weight is 462 g/mol. The van der Waals surface area contributed by atoms with Crippen LogP contribution in [-0.4, -0.2) is 35.9 Å². The number of carbonyl (C=O) groups is 1. The molecule has 1 unspecified atom stereocenters. The summed E-state index contributed by atoms with van der Waals surface area (Å²) in [6.45, 7) is 3.19. The normalized spacial score (nSPS) is 17.8. The molecule has 0 bridgehead atoms. The number of hydrogen-bond donors (Lipinski definition) is 1. The molecule has 0 aromatic heterocycles. The number of carbonyl (C=O) groups excluding carboxylic acids is 1. The van der Waals surface area contributed by atoms with Crippen LogP contribution in [-0.2, 0) is 4.79 Å². The molecule has 0 radical (unpaired) electrons. The molecule has 190 valence electrons. The Morgan fingerprint density at radius 1 is 0.879 bits per heavy atom. The molecule has 1 heterocycles. The van der Waals surface area contributed by atoms with Crippen molar-refractivity contribution in [2.24, 2.45) is 10.7 Å². The second-order valence-corrected chi connectivity index (χ2v) is 9.67. The number of quaternary nitrogens is 1. The van der Waals surface area contributed by atoms with Crippen LogP contribution in [0.2, 0.25) is 0 Å². The van der Waals surface area contributed by atoms with Crippen molar-refractivity contribution in [1.29, 1.82) is 0 Å². The zero-order valence-electron chi connectivity index (χ0n) is 21.4. The van der Waals surface area contributed by atoms with Crippen molar-refractivity contribution in [2.45, 2.75) is 122 Å². The van der Waals surface area contributed by atoms with Gasteiger partial charge in [-0.1, -0.05) is 96.1 Å². The third-order valence-corrected chi connectivity index (χ3v) is 6.69. The summed E-state index contributed by atoms with van der Waals surface area (Å²) in [4.78, 5) is 15.6. The van der Waals surface area contributed by atoms with Gasteiger partial charge in [0.2, 0.25) is 5.84 Å². The Morgan fingerprint density at radius 2 is 1.39 bits per heavy atom. The van der Waals surface area contributed by atoms with Gasteiger partial charge < -0.3 is 15.6 Å². The van der Waals surface area contributed by atoms with Gasteiger partial charge in [0.05, 0.1) is 12.2 Å². The minimum atomic E-state index is -1.06. The van der Waals surface area contributed by atoms with Gasteiger partial charge in [0.25, 0.3) is 0 Å². The fraction of sp³-hybridized carbons (Fsp3) is 0.786. The van der Waals surface area contributed by atoms with E-state index in [9.17, 15) is 9.90 Å². The first-order valence-corrected chi connectivity index (χ1v) is 13.8. The van der Waals surface area contributed by atoms with Crippen LogP contribution in [0.4, 0.5) is 0 Å². The summed E-state index contributed by atoms with van der Waals surface area (Å²) in [6.07, 6.45) is 31.6. The number of nitrogens with two attached hydrogens (primary N) is 1. The van der Waals surface area contributed by atoms with Crippen molar-refractivity contribution in [3.63, 3.8) is 0 Å². The third-order valence-electron chi connectivity index (χ3n) is 6.69. The predicted octanol–water partition coefficient (Wildman–Crippen LogP) is 5.99. The molecule has 0 spiro atoms. The van der Waals surface area contributed by atoms with Gasteiger partial charge in [-0.3, -0.25) is 0 Å². The van der Waals surface area contributed by atoms with E-state index >= 15 is 0 Å². The van der Waals surface area contributed by atoms with Crippen LogP contribution in [0.1, 0.15) is 122 Å². The Labute approximate surface area is 203 Å². The van der Waals surface area contributed by atoms with Crippen LogP contribution in [0.25, 0.3) is 0 Å². The van der Waals surface area contributed by atoms with Crippen LogP contribution in [0, 0.1) is 0 Å². The third kappa shape index (κ3) is 14.4. The quantitative estimate of drug-likeness (QED) is 0.115. The van der Waals surface area contributed by atoms with Gasteiger partial charge in [0.15, 0.2) is 0 Å². The number of carboxylic acids is 1. The molecule has 1 aliphatic rings. The van der Waals surface area contributed by atoms with Gasteiger partial charge in [-0.25, -0.2) is 9.48 Å². The maximum Gasteiger partial charge on any atom is 0.207 e. The summed E-state index contributed by atoms with van der Waals surface area (Å²) in [7, 11) is 0. The molecular weight excluding hydrogens is 410 g/mol. The zero-order chi connectivity index (χ0) is 24.0. The van der Waals surface area contributed by atoms with E-state index < -0.39 is 5.97 Å². The van der Waals surface area contributed by atoms with Gasteiger partial charge >= 0.3 is 0 Å². The fourth-order valence-electron chi connectivity index (χ4n) is 4.68. The molecule has 0 aliphatic carbocycles. The van der Waals surface area contributed by atoms with Crippen molar-refractivity contribution < 1.29 is 14.4 Å². The smallest absolute Gasteiger partial charge is 0.207 e. The van der Waals surface area contributed by atoms with E-state index in [-0.39, 0.29) is 11.0 Å². The van der Waals surface area contributed by atoms with E-state index in [4.69, 9.17) is 5.73 Å². The zero-order valence-corrected chi connectivity index (χ0v) is 21.4. The molecule has 0 saturated heterocycles. The second-order valence-electron chi connectivity index (χ2n) is 9.67. The van der Waals surface area contributed by atoms with Gasteiger partial charge in [-0.05, 0) is 32.1 Å². The lowest BCUT2D eigenvalue weighted by atomic mass is 10.0. The summed E-state index contributed by atoms with van der Waals surface area (Å²) in [5.41, 5.74) is 5.71. The lowest BCUT2D eigenvalue weighted by Gasteiger charge is -2.32. The Morgan fingerprint density at radius 3 is 1.91 bits per heavy atom. The van der Waals surface area contributed by atoms with E-state index in [0.717, 1.165) is 31.5 Å². The van der Waals surface area contributed by atoms with E-state index in [1.54, 1.807) is 6.20 Å². The number of aliphatic carboxylic acids is 1. The second kappa shape index (κ2) is 20.0. The van der Waals surface area contributed by atoms with Crippen molar-refractivity contribution in [3.8, 4) is 0 Å². The first-order valence-electron chi connectivity index (χ1n) is 13.8. The van der Waals surface area contributed by atoms with Crippen molar-refractivity contribution >= 4 is 11.8 Å². The molecule has 0 amide bonds. The highest BCUT2D eigenvalue weighted by Gasteiger charge is 2.34. The number of unbranched alkanes of at least 4 members (excludes halogenated alkanes) is 15. The minimum absolute atomic E-state index is 0.0778. The summed E-state index contributed by atoms with van der Waals surface area (Å²) < 4.78 is 0.230. The van der Waals surface area contributed by atoms with Crippen LogP contribution in [0.3, 0.4) is 0 Å². The van der Waals surface area contributed by atoms with E-state index in [0.29, 0.717) is 13.1 Å². The van der Waals surface area contributed by atoms with Crippen LogP contribution >= 0.6 is 0 Å². The van der Waals surface area contributed by atoms with Gasteiger partial charge in [-0.2, -0.15) is 0 Å². The van der Waals surface area contributed by atoms with E-state index in [1.165, 1.54) is 89.9 Å². The number of allylic oxidation sites excluding steroid dienone is 2. The number of hydrogen-bond acceptors (Lipinski definition) is 4. The summed E-state index contributed by atoms with van der Waals surface area (Å²) in [5, 5.41) is 11.2. The SMILES string of the molecule is CCCCCCCCCCCCCCC/C=C/CCCCC1=NC=C[N+]1(CCN)CC(=O)[O-]. The number of rotatable bonds is 23. The van der Waals surface area contributed by atoms with Gasteiger partial charge in [0, 0.05) is 13.0 Å². The fourth-order valence-corrected chi connectivity index (χ4v) is 4.68. The van der Waals surface area contributed by atoms with Crippen molar-refractivity contribution in [3.05, 3.63) is 24.6 Å². The molecule has 33 heavy (non-hydrogen) atoms. The maximum atomic E-state index is 11.2. The largest absolute Gasteiger partial charge is 0.544 e. The number of amidine groups is 1. The lowest BCUT2D eigenvalue weighted by Crippen LogP contribution is -2.55. The van der Waals surface area contributed by atoms with Gasteiger partial charge in [-0.15, -0.1) is 0 Å². The van der Waals surface area contributed by atoms with E-state index in [2.05, 4.69) is 24.1 Å². The Balaban J connectivity index is 1.94. The summed E-state index contributed by atoms with van der Waals surface area (Å²) in [5.74, 6) is -0.153. The standard InChI is InChI=1S/C28H51N3O2/c1-2-3-4-5-6-7-8-9-10-11-12-13-14-15-16-17-18-19-20-21-27-30-23-25-31(27,24-22-29)26-28(32)33/h16-17,23,25H,2-15,18-22,24,26,29H2,1H3/b17-16+. The molecule has 1 aliphatic heterocycles. The first kappa shape index (κ1) is 29.6. The Bertz CT molecular complexity index is 586. The Hall–Kier alpha value is -1.46. The number of nitrogens with zero attached hydrogens (tertiary/aromatic N) is 2. The molecular formula is C28H51N3O2. The molecule has 5 nitrogen and oxygen atoms in total. The highest BCUT2D eigenvalue weighted by molar-refractivity contribution is 5.80. The molecule has 2 N–H and O–H groups in total. The van der Waals surface area contributed by atoms with Crippen LogP contribution < -0.4 is 10.8 Å². The Kier molecular flexibility index (Phi) is 17.9. The maximum absolute atomic E-state index is 11.2. The predicted molar refractivity (Wildman–Crippen MR) is 139 cm³/mol. The number of carboxylic acid groups (broad SMARTS) is 1. The van der Waals surface area contributed by atoms with Crippen LogP contribution in [0.15, 0.2) is 29.5 Å². The first-order chi connectivity index (χ1) is 16.1. The molecule has 0 aromatic carbocycles. The van der Waals surface area contributed by atoms with Crippen LogP contribution in [0.5, 0.6) is 0 Å². The highest BCUT2D eigenvalue weighted by Crippen LogP contribution is 2.20. The topological polar surface area (TPSA) is 78.5 Å². The van der Waals surface area contributed by atoms with Crippen molar-refractivity contribution in [2.75, 3.05) is 19.6 Å². The molecule has 0 aromatic rings. The molecule has 0 fully saturated rings. The van der Waals surface area contributed by atoms with Crippen molar-refractivity contribution in [1.82, 2.24) is 0 Å². The monoisotopic (exact) mass is 461 g/mol. The average Bonchev–Trinajstić information content (AvgIpc) is 3.16. The summed E-state index contributed by atoms with van der Waals surface area (Å²) >= 11 is 0. The van der Waals surface area contributed by atoms with E-state index in [1.807, 2.05) is 6.20 Å². The molecule has 1 rings (SSSR count). The van der Waals surface area contributed by atoms with Gasteiger partial charge in [0.1, 0.15) is 19.3 Å². The molecule has 5 heteroatoms. The summed E-state index contributed by atoms with van der Waals surface area (Å²) in [6, 6.07) is 0. The molecule has 0 saturated carbocycles. The molecule has 1 atom stereocenters. The lowest BCUT2D eigenvalue weighted by molar-refractivity contribution is -0.780. The highest BCUT2D eigenvalue weighted by atomic mass is 16.4.